The third-order valence-electron chi connectivity index (χ3n) is 4.81. The van der Waals surface area contributed by atoms with Crippen molar-refractivity contribution < 1.29 is 26.1 Å². The normalized spacial score (nSPS) is 19.9. The number of aliphatic hydroxyl groups is 1. The number of hydrogen-bond donors (Lipinski definition) is 3. The first-order valence-corrected chi connectivity index (χ1v) is 9.48. The molecule has 0 aliphatic carbocycles. The highest BCUT2D eigenvalue weighted by Crippen LogP contribution is 2.24. The molecule has 0 spiro atoms. The van der Waals surface area contributed by atoms with Gasteiger partial charge in [0.25, 0.3) is 0 Å². The van der Waals surface area contributed by atoms with Gasteiger partial charge in [-0.2, -0.15) is 0 Å². The molecule has 0 aromatic carbocycles. The van der Waals surface area contributed by atoms with E-state index in [0.717, 1.165) is 18.4 Å². The molecule has 2 heterocycles. The Morgan fingerprint density at radius 3 is 2.86 bits per heavy atom. The van der Waals surface area contributed by atoms with E-state index in [4.69, 9.17) is 0 Å². The summed E-state index contributed by atoms with van der Waals surface area (Å²) in [5, 5.41) is 22.7. The smallest absolute Gasteiger partial charge is 0.248 e. The number of β-amino-alcohol motifs (C(OH)–C–C–N with tert-alkyl or cyclic N) is 1. The predicted molar refractivity (Wildman–Crippen MR) is 103 cm³/mol. The van der Waals surface area contributed by atoms with Crippen LogP contribution in [-0.4, -0.2) is 68.7 Å². The Morgan fingerprint density at radius 2 is 2.25 bits per heavy atom. The van der Waals surface area contributed by atoms with E-state index in [1.54, 1.807) is 12.3 Å². The summed E-state index contributed by atoms with van der Waals surface area (Å²) in [6.45, 7) is 3.74. The average molecular weight is 394 g/mol. The number of pyridine rings is 1. The molecule has 1 aromatic heterocycles. The van der Waals surface area contributed by atoms with Crippen molar-refractivity contribution in [2.45, 2.75) is 51.7 Å². The van der Waals surface area contributed by atoms with Crippen LogP contribution in [0.1, 0.15) is 39.6 Å². The van der Waals surface area contributed by atoms with Gasteiger partial charge in [0.15, 0.2) is 0 Å². The third-order valence-corrected chi connectivity index (χ3v) is 4.81. The van der Waals surface area contributed by atoms with Gasteiger partial charge in [-0.25, -0.2) is 10.0 Å². The number of nitrogens with zero attached hydrogens (tertiary/aromatic N) is 3. The number of aromatic nitrogens is 1. The van der Waals surface area contributed by atoms with Gasteiger partial charge in [0.1, 0.15) is 11.9 Å². The minimum atomic E-state index is -0.835. The molecule has 9 heteroatoms. The van der Waals surface area contributed by atoms with Crippen molar-refractivity contribution in [3.05, 3.63) is 23.9 Å². The zero-order valence-corrected chi connectivity index (χ0v) is 16.2. The summed E-state index contributed by atoms with van der Waals surface area (Å²) in [6, 6.07) is 2.64. The van der Waals surface area contributed by atoms with E-state index in [1.165, 1.54) is 4.90 Å². The van der Waals surface area contributed by atoms with Gasteiger partial charge < -0.3 is 15.3 Å². The Labute approximate surface area is 165 Å². The number of hydrogen-bond acceptors (Lipinski definition) is 6. The summed E-state index contributed by atoms with van der Waals surface area (Å²) >= 11 is 0. The third kappa shape index (κ3) is 5.74. The van der Waals surface area contributed by atoms with E-state index in [1.807, 2.05) is 19.9 Å². The molecule has 1 aromatic rings. The molecule has 156 valence electrons. The number of likely N-dealkylation sites (tertiary alicyclic amines) is 1. The number of carbonyl (C=O) groups is 3. The van der Waals surface area contributed by atoms with Gasteiger partial charge in [0, 0.05) is 20.6 Å². The number of unbranched alkanes of at least 4 members (excludes halogenated alkanes) is 1. The van der Waals surface area contributed by atoms with Crippen LogP contribution in [0, 0.1) is 12.8 Å². The van der Waals surface area contributed by atoms with Crippen LogP contribution in [0.15, 0.2) is 18.3 Å². The Hall–Kier alpha value is -2.52. The van der Waals surface area contributed by atoms with Crippen LogP contribution in [0.2, 0.25) is 0 Å². The van der Waals surface area contributed by atoms with E-state index < -0.39 is 24.0 Å². The van der Waals surface area contributed by atoms with Crippen LogP contribution in [0.3, 0.4) is 0 Å². The van der Waals surface area contributed by atoms with Crippen molar-refractivity contribution >= 4 is 24.0 Å². The monoisotopic (exact) mass is 394 g/mol. The molecular formula is C19H30N4O5. The number of aryl methyl sites for hydroxylation is 1. The fraction of sp³-hybridized carbons (Fsp3) is 0.579. The second kappa shape index (κ2) is 10.1. The van der Waals surface area contributed by atoms with Crippen molar-refractivity contribution in [3.63, 3.8) is 0 Å². The Bertz CT molecular complexity index is 688. The van der Waals surface area contributed by atoms with Crippen LogP contribution in [0.25, 0.3) is 0 Å². The molecule has 3 N–H and O–H groups in total. The van der Waals surface area contributed by atoms with E-state index in [2.05, 4.69) is 10.3 Å². The first-order chi connectivity index (χ1) is 13.3. The topological polar surface area (TPSA) is 123 Å². The van der Waals surface area contributed by atoms with Gasteiger partial charge in [0.05, 0.1) is 18.6 Å². The Balaban J connectivity index is 0.00000420. The minimum absolute atomic E-state index is 0. The first-order valence-electron chi connectivity index (χ1n) is 9.48. The van der Waals surface area contributed by atoms with Gasteiger partial charge in [-0.1, -0.05) is 25.8 Å². The number of hydroxylamine groups is 2. The lowest BCUT2D eigenvalue weighted by molar-refractivity contribution is -0.157. The zero-order valence-electron chi connectivity index (χ0n) is 16.2. The maximum atomic E-state index is 13.0. The largest absolute Gasteiger partial charge is 0.391 e. The van der Waals surface area contributed by atoms with Crippen LogP contribution in [0.5, 0.6) is 0 Å². The fourth-order valence-electron chi connectivity index (χ4n) is 3.30. The number of amides is 3. The van der Waals surface area contributed by atoms with Crippen molar-refractivity contribution in [1.29, 1.82) is 0 Å². The number of aliphatic hydroxyl groups excluding tert-OH is 1. The van der Waals surface area contributed by atoms with E-state index in [-0.39, 0.29) is 33.3 Å². The molecule has 28 heavy (non-hydrogen) atoms. The second-order valence-corrected chi connectivity index (χ2v) is 7.17. The molecule has 1 aliphatic heterocycles. The van der Waals surface area contributed by atoms with E-state index in [0.29, 0.717) is 17.3 Å². The van der Waals surface area contributed by atoms with Crippen molar-refractivity contribution in [3.8, 4) is 0 Å². The lowest BCUT2D eigenvalue weighted by Gasteiger charge is -2.29. The second-order valence-electron chi connectivity index (χ2n) is 7.17. The first kappa shape index (κ1) is 21.8. The lowest BCUT2D eigenvalue weighted by Crippen LogP contribution is -2.47. The molecule has 1 saturated heterocycles. The van der Waals surface area contributed by atoms with Gasteiger partial charge in [-0.3, -0.25) is 19.6 Å². The van der Waals surface area contributed by atoms with E-state index in [9.17, 15) is 24.7 Å². The molecular weight excluding hydrogens is 364 g/mol. The lowest BCUT2D eigenvalue weighted by atomic mass is 9.99. The maximum absolute atomic E-state index is 13.0. The van der Waals surface area contributed by atoms with Gasteiger partial charge in [0.2, 0.25) is 18.2 Å². The minimum Gasteiger partial charge on any atom is -0.391 e. The van der Waals surface area contributed by atoms with Crippen LogP contribution >= 0.6 is 0 Å². The quantitative estimate of drug-likeness (QED) is 0.328. The van der Waals surface area contributed by atoms with Gasteiger partial charge >= 0.3 is 0 Å². The molecule has 0 unspecified atom stereocenters. The summed E-state index contributed by atoms with van der Waals surface area (Å²) in [4.78, 5) is 41.9. The highest BCUT2D eigenvalue weighted by atomic mass is 16.5. The Morgan fingerprint density at radius 1 is 1.50 bits per heavy atom. The maximum Gasteiger partial charge on any atom is 0.248 e. The fourth-order valence-corrected chi connectivity index (χ4v) is 3.30. The van der Waals surface area contributed by atoms with Gasteiger partial charge in [-0.05, 0) is 25.0 Å². The van der Waals surface area contributed by atoms with Crippen molar-refractivity contribution in [1.82, 2.24) is 14.9 Å². The number of nitrogens with one attached hydrogen (secondary N) is 1. The molecule has 0 radical (unpaired) electrons. The van der Waals surface area contributed by atoms with Gasteiger partial charge in [-0.15, -0.1) is 0 Å². The highest BCUT2D eigenvalue weighted by Gasteiger charge is 2.41. The highest BCUT2D eigenvalue weighted by molar-refractivity contribution is 5.97. The molecule has 0 bridgehead atoms. The van der Waals surface area contributed by atoms with E-state index >= 15 is 0 Å². The van der Waals surface area contributed by atoms with Crippen molar-refractivity contribution in [2.75, 3.05) is 18.4 Å². The van der Waals surface area contributed by atoms with Crippen molar-refractivity contribution in [2.24, 2.45) is 5.92 Å². The molecule has 3 amide bonds. The standard InChI is InChI=1S/C19H28N4O5.H2/c1-3-4-5-14(10-22(28)12-24)19(27)23-11-15(25)8-16(23)18(26)21-17-7-6-13(2)9-20-17;/h6-7,9,12,14-16,25,28H,3-5,8,10-11H2,1-2H3,(H,20,21,26);1H/t14-,15-,16+;/m1./s1. The molecule has 2 rings (SSSR count). The van der Waals surface area contributed by atoms with Crippen LogP contribution in [-0.2, 0) is 14.4 Å². The predicted octanol–water partition coefficient (Wildman–Crippen LogP) is 1.19. The number of rotatable bonds is 9. The van der Waals surface area contributed by atoms with Crippen LogP contribution < -0.4 is 5.32 Å². The number of anilines is 1. The molecule has 3 atom stereocenters. The zero-order chi connectivity index (χ0) is 20.7. The molecule has 9 nitrogen and oxygen atoms in total. The SMILES string of the molecule is CCCC[C@H](CN(O)C=O)C(=O)N1C[C@H](O)C[C@H]1C(=O)Nc1ccc(C)cn1.[HH]. The average Bonchev–Trinajstić information content (AvgIpc) is 3.08. The summed E-state index contributed by atoms with van der Waals surface area (Å²) in [5.74, 6) is -1.06. The number of carbonyl (C=O) groups excluding carboxylic acids is 3. The summed E-state index contributed by atoms with van der Waals surface area (Å²) in [7, 11) is 0. The molecule has 0 saturated carbocycles. The molecule has 1 fully saturated rings. The van der Waals surface area contributed by atoms with Crippen LogP contribution in [0.4, 0.5) is 5.82 Å². The summed E-state index contributed by atoms with van der Waals surface area (Å²) in [6.07, 6.45) is 3.25. The summed E-state index contributed by atoms with van der Waals surface area (Å²) < 4.78 is 0. The Kier molecular flexibility index (Phi) is 7.89. The summed E-state index contributed by atoms with van der Waals surface area (Å²) in [5.41, 5.74) is 0.952. The molecule has 1 aliphatic rings.